The van der Waals surface area contributed by atoms with Crippen LogP contribution in [0.2, 0.25) is 0 Å². The summed E-state index contributed by atoms with van der Waals surface area (Å²) in [5.74, 6) is 1.91. The molecule has 2 aromatic rings. The van der Waals surface area contributed by atoms with Gasteiger partial charge in [-0.05, 0) is 37.8 Å². The Bertz CT molecular complexity index is 602. The molecule has 0 amide bonds. The zero-order valence-corrected chi connectivity index (χ0v) is 12.0. The maximum Gasteiger partial charge on any atom is 0.201 e. The predicted molar refractivity (Wildman–Crippen MR) is 79.0 cm³/mol. The van der Waals surface area contributed by atoms with Crippen LogP contribution in [0.15, 0.2) is 18.2 Å². The minimum atomic E-state index is 0.316. The number of anilines is 1. The maximum atomic E-state index is 6.15. The first-order valence-electron chi connectivity index (χ1n) is 7.10. The van der Waals surface area contributed by atoms with Gasteiger partial charge in [0.25, 0.3) is 0 Å². The number of imidazole rings is 1. The van der Waals surface area contributed by atoms with Gasteiger partial charge in [0.05, 0.1) is 12.6 Å². The molecule has 1 unspecified atom stereocenters. The molecule has 1 aliphatic heterocycles. The molecule has 108 valence electrons. The van der Waals surface area contributed by atoms with Gasteiger partial charge in [-0.2, -0.15) is 0 Å². The fourth-order valence-electron chi connectivity index (χ4n) is 3.11. The highest BCUT2D eigenvalue weighted by atomic mass is 16.5. The number of hydrogen-bond acceptors (Lipinski definition) is 4. The van der Waals surface area contributed by atoms with Gasteiger partial charge in [0.2, 0.25) is 5.95 Å². The van der Waals surface area contributed by atoms with Gasteiger partial charge in [0.1, 0.15) is 11.3 Å². The third-order valence-corrected chi connectivity index (χ3v) is 4.29. The Hall–Kier alpha value is -1.75. The number of aromatic nitrogens is 2. The summed E-state index contributed by atoms with van der Waals surface area (Å²) < 4.78 is 12.9. The molecule has 2 heterocycles. The number of methoxy groups -OCH3 is 1. The van der Waals surface area contributed by atoms with Crippen LogP contribution in [0.25, 0.3) is 11.0 Å². The van der Waals surface area contributed by atoms with E-state index in [4.69, 9.17) is 15.2 Å². The minimum Gasteiger partial charge on any atom is -0.494 e. The zero-order valence-electron chi connectivity index (χ0n) is 12.0. The van der Waals surface area contributed by atoms with Crippen molar-refractivity contribution < 1.29 is 9.47 Å². The number of fused-ring (bicyclic) bond motifs is 1. The number of ether oxygens (including phenoxy) is 2. The van der Waals surface area contributed by atoms with E-state index in [1.807, 2.05) is 12.1 Å². The lowest BCUT2D eigenvalue weighted by atomic mass is 9.92. The van der Waals surface area contributed by atoms with Crippen LogP contribution < -0.4 is 10.5 Å². The van der Waals surface area contributed by atoms with E-state index in [-0.39, 0.29) is 0 Å². The second-order valence-corrected chi connectivity index (χ2v) is 5.36. The summed E-state index contributed by atoms with van der Waals surface area (Å²) in [5.41, 5.74) is 8.03. The van der Waals surface area contributed by atoms with Crippen LogP contribution in [0.3, 0.4) is 0 Å². The number of rotatable bonds is 3. The Kier molecular flexibility index (Phi) is 3.53. The van der Waals surface area contributed by atoms with Crippen molar-refractivity contribution in [3.63, 3.8) is 0 Å². The average molecular weight is 275 g/mol. The second-order valence-electron chi connectivity index (χ2n) is 5.36. The topological polar surface area (TPSA) is 62.3 Å². The van der Waals surface area contributed by atoms with Crippen LogP contribution in [0.5, 0.6) is 5.75 Å². The van der Waals surface area contributed by atoms with Crippen molar-refractivity contribution in [3.05, 3.63) is 18.2 Å². The van der Waals surface area contributed by atoms with Crippen molar-refractivity contribution in [1.29, 1.82) is 0 Å². The second kappa shape index (κ2) is 5.32. The number of nitrogen functional groups attached to an aromatic ring is 1. The van der Waals surface area contributed by atoms with E-state index in [1.54, 1.807) is 7.11 Å². The lowest BCUT2D eigenvalue weighted by Crippen LogP contribution is -2.24. The lowest BCUT2D eigenvalue weighted by molar-refractivity contribution is 0.0521. The molecule has 0 radical (unpaired) electrons. The summed E-state index contributed by atoms with van der Waals surface area (Å²) in [4.78, 5) is 4.48. The first-order chi connectivity index (χ1) is 9.72. The SMILES string of the molecule is COc1cccc2c1nc(N)n2C(C)C1CCOCC1. The quantitative estimate of drug-likeness (QED) is 0.935. The van der Waals surface area contributed by atoms with Gasteiger partial charge in [-0.1, -0.05) is 6.07 Å². The van der Waals surface area contributed by atoms with Gasteiger partial charge in [-0.25, -0.2) is 4.98 Å². The van der Waals surface area contributed by atoms with Crippen LogP contribution in [-0.2, 0) is 4.74 Å². The zero-order chi connectivity index (χ0) is 14.1. The number of hydrogen-bond donors (Lipinski definition) is 1. The van der Waals surface area contributed by atoms with Crippen LogP contribution in [0, 0.1) is 5.92 Å². The van der Waals surface area contributed by atoms with Crippen molar-refractivity contribution in [1.82, 2.24) is 9.55 Å². The Labute approximate surface area is 118 Å². The van der Waals surface area contributed by atoms with E-state index in [0.717, 1.165) is 42.8 Å². The molecule has 0 bridgehead atoms. The summed E-state index contributed by atoms with van der Waals surface area (Å²) in [5, 5.41) is 0. The Balaban J connectivity index is 2.04. The van der Waals surface area contributed by atoms with Crippen molar-refractivity contribution in [2.45, 2.75) is 25.8 Å². The summed E-state index contributed by atoms with van der Waals surface area (Å²) in [7, 11) is 1.66. The van der Waals surface area contributed by atoms with E-state index in [2.05, 4.69) is 22.5 Å². The molecule has 20 heavy (non-hydrogen) atoms. The summed E-state index contributed by atoms with van der Waals surface area (Å²) >= 11 is 0. The molecular weight excluding hydrogens is 254 g/mol. The van der Waals surface area contributed by atoms with Gasteiger partial charge < -0.3 is 19.8 Å². The van der Waals surface area contributed by atoms with E-state index >= 15 is 0 Å². The van der Waals surface area contributed by atoms with Crippen molar-refractivity contribution in [3.8, 4) is 5.75 Å². The number of benzene rings is 1. The highest BCUT2D eigenvalue weighted by molar-refractivity contribution is 5.84. The van der Waals surface area contributed by atoms with Crippen molar-refractivity contribution in [2.75, 3.05) is 26.1 Å². The van der Waals surface area contributed by atoms with E-state index in [1.165, 1.54) is 0 Å². The first-order valence-corrected chi connectivity index (χ1v) is 7.10. The van der Waals surface area contributed by atoms with Crippen LogP contribution in [0.1, 0.15) is 25.8 Å². The molecule has 1 aromatic carbocycles. The molecule has 1 fully saturated rings. The molecule has 1 saturated heterocycles. The van der Waals surface area contributed by atoms with E-state index < -0.39 is 0 Å². The number of para-hydroxylation sites is 1. The third-order valence-electron chi connectivity index (χ3n) is 4.29. The van der Waals surface area contributed by atoms with Gasteiger partial charge in [-0.3, -0.25) is 0 Å². The predicted octanol–water partition coefficient (Wildman–Crippen LogP) is 2.61. The molecule has 3 rings (SSSR count). The van der Waals surface area contributed by atoms with E-state index in [9.17, 15) is 0 Å². The normalized spacial score (nSPS) is 18.3. The van der Waals surface area contributed by atoms with Crippen molar-refractivity contribution in [2.24, 2.45) is 5.92 Å². The molecule has 0 saturated carbocycles. The summed E-state index contributed by atoms with van der Waals surface area (Å²) in [6, 6.07) is 6.26. The highest BCUT2D eigenvalue weighted by Crippen LogP contribution is 2.34. The van der Waals surface area contributed by atoms with Gasteiger partial charge in [0.15, 0.2) is 0 Å². The molecule has 0 aliphatic carbocycles. The number of nitrogens with zero attached hydrogens (tertiary/aromatic N) is 2. The maximum absolute atomic E-state index is 6.15. The van der Waals surface area contributed by atoms with E-state index in [0.29, 0.717) is 17.9 Å². The van der Waals surface area contributed by atoms with Crippen LogP contribution in [-0.4, -0.2) is 29.9 Å². The lowest BCUT2D eigenvalue weighted by Gasteiger charge is -2.29. The monoisotopic (exact) mass is 275 g/mol. The number of nitrogens with two attached hydrogens (primary N) is 1. The minimum absolute atomic E-state index is 0.316. The molecule has 2 N–H and O–H groups in total. The van der Waals surface area contributed by atoms with Gasteiger partial charge >= 0.3 is 0 Å². The third kappa shape index (κ3) is 2.12. The molecule has 1 aromatic heterocycles. The summed E-state index contributed by atoms with van der Waals surface area (Å²) in [6.07, 6.45) is 2.15. The Morgan fingerprint density at radius 2 is 2.15 bits per heavy atom. The standard InChI is InChI=1S/C15H21N3O2/c1-10(11-6-8-20-9-7-11)18-12-4-3-5-13(19-2)14(12)17-15(18)16/h3-5,10-11H,6-9H2,1-2H3,(H2,16,17). The van der Waals surface area contributed by atoms with Gasteiger partial charge in [-0.15, -0.1) is 0 Å². The van der Waals surface area contributed by atoms with Crippen LogP contribution >= 0.6 is 0 Å². The Morgan fingerprint density at radius 3 is 2.85 bits per heavy atom. The van der Waals surface area contributed by atoms with Crippen molar-refractivity contribution >= 4 is 17.0 Å². The summed E-state index contributed by atoms with van der Waals surface area (Å²) in [6.45, 7) is 3.89. The fourth-order valence-corrected chi connectivity index (χ4v) is 3.11. The molecular formula is C15H21N3O2. The fraction of sp³-hybridized carbons (Fsp3) is 0.533. The molecule has 5 nitrogen and oxygen atoms in total. The smallest absolute Gasteiger partial charge is 0.201 e. The molecule has 1 aliphatic rings. The average Bonchev–Trinajstić information content (AvgIpc) is 2.83. The largest absolute Gasteiger partial charge is 0.494 e. The molecule has 0 spiro atoms. The Morgan fingerprint density at radius 1 is 1.40 bits per heavy atom. The van der Waals surface area contributed by atoms with Crippen LogP contribution in [0.4, 0.5) is 5.95 Å². The van der Waals surface area contributed by atoms with Gasteiger partial charge in [0, 0.05) is 19.3 Å². The first kappa shape index (κ1) is 13.2. The molecule has 1 atom stereocenters. The highest BCUT2D eigenvalue weighted by Gasteiger charge is 2.25. The molecule has 5 heteroatoms.